The largest absolute Gasteiger partial charge is 0.480 e. The fourth-order valence-electron chi connectivity index (χ4n) is 1.47. The Morgan fingerprint density at radius 2 is 2.15 bits per heavy atom. The number of pyridine rings is 1. The van der Waals surface area contributed by atoms with Crippen molar-refractivity contribution in [3.63, 3.8) is 0 Å². The molecule has 0 spiro atoms. The lowest BCUT2D eigenvalue weighted by Gasteiger charge is -2.14. The fourth-order valence-corrected chi connectivity index (χ4v) is 1.77. The Morgan fingerprint density at radius 3 is 2.65 bits per heavy atom. The van der Waals surface area contributed by atoms with Gasteiger partial charge in [0.05, 0.1) is 10.6 Å². The molecule has 1 aromatic heterocycles. The highest BCUT2D eigenvalue weighted by Crippen LogP contribution is 2.15. The molecular formula is C12H14ClN3O4. The number of carbonyl (C=O) groups is 3. The average Bonchev–Trinajstić information content (AvgIpc) is 2.33. The molecule has 0 fully saturated rings. The molecule has 7 nitrogen and oxygen atoms in total. The molecule has 1 aromatic rings. The van der Waals surface area contributed by atoms with Crippen molar-refractivity contribution >= 4 is 29.4 Å². The standard InChI is InChI=1S/C12H14ClN3O4/c1-6-4-8(13)7(5-15-6)11(18)16-9(12(19)20)2-3-10(14)17/h4-5,9H,2-3H2,1H3,(H2,14,17)(H,16,18)(H,19,20). The number of aromatic nitrogens is 1. The van der Waals surface area contributed by atoms with Crippen molar-refractivity contribution in [1.82, 2.24) is 10.3 Å². The van der Waals surface area contributed by atoms with Crippen molar-refractivity contribution in [3.05, 3.63) is 28.5 Å². The maximum absolute atomic E-state index is 11.9. The number of hydrogen-bond acceptors (Lipinski definition) is 4. The number of carbonyl (C=O) groups excluding carboxylic acids is 2. The van der Waals surface area contributed by atoms with E-state index < -0.39 is 23.8 Å². The molecule has 0 aromatic carbocycles. The Morgan fingerprint density at radius 1 is 1.50 bits per heavy atom. The van der Waals surface area contributed by atoms with Gasteiger partial charge < -0.3 is 16.2 Å². The second kappa shape index (κ2) is 6.85. The highest BCUT2D eigenvalue weighted by atomic mass is 35.5. The molecule has 20 heavy (non-hydrogen) atoms. The molecule has 0 aliphatic carbocycles. The predicted octanol–water partition coefficient (Wildman–Crippen LogP) is 0.492. The highest BCUT2D eigenvalue weighted by Gasteiger charge is 2.22. The van der Waals surface area contributed by atoms with E-state index in [4.69, 9.17) is 22.4 Å². The van der Waals surface area contributed by atoms with Gasteiger partial charge in [-0.05, 0) is 19.4 Å². The third-order valence-electron chi connectivity index (χ3n) is 2.52. The van der Waals surface area contributed by atoms with Crippen LogP contribution < -0.4 is 11.1 Å². The van der Waals surface area contributed by atoms with Crippen LogP contribution in [0.4, 0.5) is 0 Å². The zero-order valence-electron chi connectivity index (χ0n) is 10.7. The van der Waals surface area contributed by atoms with E-state index in [1.165, 1.54) is 12.3 Å². The third kappa shape index (κ3) is 4.51. The number of nitrogens with one attached hydrogen (secondary N) is 1. The molecule has 0 aliphatic rings. The summed E-state index contributed by atoms with van der Waals surface area (Å²) in [6.07, 6.45) is 1.03. The van der Waals surface area contributed by atoms with E-state index in [-0.39, 0.29) is 23.4 Å². The number of nitrogens with two attached hydrogens (primary N) is 1. The molecule has 1 unspecified atom stereocenters. The van der Waals surface area contributed by atoms with Crippen LogP contribution in [0.25, 0.3) is 0 Å². The quantitative estimate of drug-likeness (QED) is 0.705. The smallest absolute Gasteiger partial charge is 0.326 e. The van der Waals surface area contributed by atoms with Crippen LogP contribution in [-0.4, -0.2) is 33.9 Å². The van der Waals surface area contributed by atoms with Gasteiger partial charge in [-0.1, -0.05) is 11.6 Å². The van der Waals surface area contributed by atoms with Crippen molar-refractivity contribution in [2.75, 3.05) is 0 Å². The first-order chi connectivity index (χ1) is 9.31. The highest BCUT2D eigenvalue weighted by molar-refractivity contribution is 6.33. The summed E-state index contributed by atoms with van der Waals surface area (Å²) in [5, 5.41) is 11.4. The minimum atomic E-state index is -1.25. The molecule has 0 aliphatic heterocycles. The summed E-state index contributed by atoms with van der Waals surface area (Å²) >= 11 is 5.89. The Bertz CT molecular complexity index is 548. The molecule has 1 atom stereocenters. The van der Waals surface area contributed by atoms with E-state index in [1.54, 1.807) is 6.92 Å². The lowest BCUT2D eigenvalue weighted by atomic mass is 10.1. The molecular weight excluding hydrogens is 286 g/mol. The van der Waals surface area contributed by atoms with E-state index >= 15 is 0 Å². The SMILES string of the molecule is Cc1cc(Cl)c(C(=O)NC(CCC(N)=O)C(=O)O)cn1. The summed E-state index contributed by atoms with van der Waals surface area (Å²) in [4.78, 5) is 37.5. The zero-order valence-corrected chi connectivity index (χ0v) is 11.5. The van der Waals surface area contributed by atoms with Crippen molar-refractivity contribution in [3.8, 4) is 0 Å². The lowest BCUT2D eigenvalue weighted by Crippen LogP contribution is -2.41. The first-order valence-corrected chi connectivity index (χ1v) is 6.13. The summed E-state index contributed by atoms with van der Waals surface area (Å²) in [6.45, 7) is 1.71. The summed E-state index contributed by atoms with van der Waals surface area (Å²) in [5.41, 5.74) is 5.65. The van der Waals surface area contributed by atoms with Gasteiger partial charge in [-0.2, -0.15) is 0 Å². The number of carboxylic acids is 1. The lowest BCUT2D eigenvalue weighted by molar-refractivity contribution is -0.139. The van der Waals surface area contributed by atoms with Crippen LogP contribution in [-0.2, 0) is 9.59 Å². The Labute approximate surface area is 120 Å². The topological polar surface area (TPSA) is 122 Å². The average molecular weight is 300 g/mol. The van der Waals surface area contributed by atoms with Crippen molar-refractivity contribution < 1.29 is 19.5 Å². The van der Waals surface area contributed by atoms with Crippen molar-refractivity contribution in [2.45, 2.75) is 25.8 Å². The number of carboxylic acid groups (broad SMARTS) is 1. The monoisotopic (exact) mass is 299 g/mol. The molecule has 0 radical (unpaired) electrons. The number of primary amides is 1. The van der Waals surface area contributed by atoms with Gasteiger partial charge in [0, 0.05) is 18.3 Å². The van der Waals surface area contributed by atoms with Gasteiger partial charge in [-0.3, -0.25) is 14.6 Å². The molecule has 0 saturated heterocycles. The first-order valence-electron chi connectivity index (χ1n) is 5.75. The Hall–Kier alpha value is -2.15. The Kier molecular flexibility index (Phi) is 5.45. The third-order valence-corrected chi connectivity index (χ3v) is 2.83. The number of halogens is 1. The van der Waals surface area contributed by atoms with Gasteiger partial charge in [0.2, 0.25) is 5.91 Å². The van der Waals surface area contributed by atoms with Gasteiger partial charge in [-0.25, -0.2) is 4.79 Å². The predicted molar refractivity (Wildman–Crippen MR) is 71.3 cm³/mol. The van der Waals surface area contributed by atoms with E-state index in [2.05, 4.69) is 10.3 Å². The molecule has 0 bridgehead atoms. The maximum atomic E-state index is 11.9. The van der Waals surface area contributed by atoms with Crippen LogP contribution in [0.3, 0.4) is 0 Å². The zero-order chi connectivity index (χ0) is 15.3. The minimum Gasteiger partial charge on any atom is -0.480 e. The molecule has 1 rings (SSSR count). The number of nitrogens with zero attached hydrogens (tertiary/aromatic N) is 1. The number of aliphatic carboxylic acids is 1. The van der Waals surface area contributed by atoms with E-state index in [0.717, 1.165) is 0 Å². The Balaban J connectivity index is 2.80. The van der Waals surface area contributed by atoms with Crippen LogP contribution in [0.1, 0.15) is 28.9 Å². The van der Waals surface area contributed by atoms with E-state index in [1.807, 2.05) is 0 Å². The molecule has 4 N–H and O–H groups in total. The van der Waals surface area contributed by atoms with Crippen LogP contribution in [0.2, 0.25) is 5.02 Å². The number of aryl methyl sites for hydroxylation is 1. The van der Waals surface area contributed by atoms with E-state index in [0.29, 0.717) is 5.69 Å². The maximum Gasteiger partial charge on any atom is 0.326 e. The van der Waals surface area contributed by atoms with Gasteiger partial charge in [-0.15, -0.1) is 0 Å². The van der Waals surface area contributed by atoms with Crippen LogP contribution in [0, 0.1) is 6.92 Å². The molecule has 108 valence electrons. The summed E-state index contributed by atoms with van der Waals surface area (Å²) < 4.78 is 0. The number of amides is 2. The minimum absolute atomic E-state index is 0.0718. The van der Waals surface area contributed by atoms with E-state index in [9.17, 15) is 14.4 Å². The molecule has 0 saturated carbocycles. The molecule has 1 heterocycles. The van der Waals surface area contributed by atoms with Gasteiger partial charge in [0.15, 0.2) is 0 Å². The molecule has 2 amide bonds. The van der Waals surface area contributed by atoms with Gasteiger partial charge >= 0.3 is 5.97 Å². The summed E-state index contributed by atoms with van der Waals surface area (Å²) in [7, 11) is 0. The van der Waals surface area contributed by atoms with Crippen LogP contribution >= 0.6 is 11.6 Å². The second-order valence-corrected chi connectivity index (χ2v) is 4.58. The summed E-state index contributed by atoms with van der Waals surface area (Å²) in [6, 6.07) is 0.280. The number of rotatable bonds is 6. The molecule has 8 heteroatoms. The van der Waals surface area contributed by atoms with Crippen molar-refractivity contribution in [1.29, 1.82) is 0 Å². The van der Waals surface area contributed by atoms with Crippen LogP contribution in [0.5, 0.6) is 0 Å². The number of hydrogen-bond donors (Lipinski definition) is 3. The second-order valence-electron chi connectivity index (χ2n) is 4.17. The normalized spacial score (nSPS) is 11.7. The fraction of sp³-hybridized carbons (Fsp3) is 0.333. The van der Waals surface area contributed by atoms with Gasteiger partial charge in [0.25, 0.3) is 5.91 Å². The van der Waals surface area contributed by atoms with Gasteiger partial charge in [0.1, 0.15) is 6.04 Å². The van der Waals surface area contributed by atoms with Crippen LogP contribution in [0.15, 0.2) is 12.3 Å². The van der Waals surface area contributed by atoms with Crippen molar-refractivity contribution in [2.24, 2.45) is 5.73 Å². The first kappa shape index (κ1) is 15.9. The summed E-state index contributed by atoms with van der Waals surface area (Å²) in [5.74, 6) is -2.56.